The van der Waals surface area contributed by atoms with E-state index in [0.717, 1.165) is 32.5 Å². The molecule has 1 saturated heterocycles. The lowest BCUT2D eigenvalue weighted by Gasteiger charge is -2.17. The lowest BCUT2D eigenvalue weighted by atomic mass is 10.1. The van der Waals surface area contributed by atoms with Crippen LogP contribution in [0.4, 0.5) is 11.4 Å². The van der Waals surface area contributed by atoms with Crippen LogP contribution in [0, 0.1) is 27.7 Å². The molecular weight excluding hydrogens is 564 g/mol. The molecule has 0 aliphatic carbocycles. The first-order valence-electron chi connectivity index (χ1n) is 10.3. The van der Waals surface area contributed by atoms with Crippen LogP contribution in [0.3, 0.4) is 0 Å². The van der Waals surface area contributed by atoms with Crippen molar-refractivity contribution < 1.29 is 9.90 Å². The first-order chi connectivity index (χ1) is 15.6. The maximum absolute atomic E-state index is 13.6. The standard InChI is InChI=1S/C26H22Br2N2O2S/c1-14-5-7-20(9-16(14)3)29-26-30(21-8-6-15(2)17(4)10-21)25(32)23(33-26)12-18-11-19(27)13-22(28)24(18)31/h5-13,31H,1-4H3. The van der Waals surface area contributed by atoms with E-state index in [2.05, 4.69) is 38.8 Å². The zero-order chi connectivity index (χ0) is 23.9. The highest BCUT2D eigenvalue weighted by molar-refractivity contribution is 9.11. The van der Waals surface area contributed by atoms with E-state index in [0.29, 0.717) is 20.1 Å². The molecule has 1 N–H and O–H groups in total. The van der Waals surface area contributed by atoms with Crippen molar-refractivity contribution in [1.82, 2.24) is 0 Å². The highest BCUT2D eigenvalue weighted by Gasteiger charge is 2.35. The Morgan fingerprint density at radius 1 is 0.909 bits per heavy atom. The van der Waals surface area contributed by atoms with E-state index in [4.69, 9.17) is 4.99 Å². The second-order valence-electron chi connectivity index (χ2n) is 8.01. The Kier molecular flexibility index (Phi) is 6.84. The second kappa shape index (κ2) is 9.49. The van der Waals surface area contributed by atoms with E-state index >= 15 is 0 Å². The maximum atomic E-state index is 13.6. The van der Waals surface area contributed by atoms with E-state index in [1.807, 2.05) is 57.2 Å². The van der Waals surface area contributed by atoms with Crippen molar-refractivity contribution in [3.8, 4) is 5.75 Å². The number of aliphatic imine (C=N–C) groups is 1. The van der Waals surface area contributed by atoms with Gasteiger partial charge < -0.3 is 5.11 Å². The van der Waals surface area contributed by atoms with E-state index in [1.165, 1.54) is 17.3 Å². The monoisotopic (exact) mass is 584 g/mol. The minimum Gasteiger partial charge on any atom is -0.506 e. The van der Waals surface area contributed by atoms with Crippen LogP contribution in [0.1, 0.15) is 27.8 Å². The van der Waals surface area contributed by atoms with Gasteiger partial charge in [-0.2, -0.15) is 0 Å². The molecule has 0 atom stereocenters. The van der Waals surface area contributed by atoms with E-state index < -0.39 is 0 Å². The summed E-state index contributed by atoms with van der Waals surface area (Å²) in [7, 11) is 0. The van der Waals surface area contributed by atoms with Gasteiger partial charge in [0.05, 0.1) is 20.8 Å². The molecule has 3 aromatic rings. The third-order valence-electron chi connectivity index (χ3n) is 5.61. The van der Waals surface area contributed by atoms with Gasteiger partial charge in [-0.3, -0.25) is 9.69 Å². The first kappa shape index (κ1) is 23.8. The molecule has 4 nitrogen and oxygen atoms in total. The molecule has 0 unspecified atom stereocenters. The Morgan fingerprint density at radius 2 is 1.58 bits per heavy atom. The summed E-state index contributed by atoms with van der Waals surface area (Å²) in [5.74, 6) is -0.0993. The van der Waals surface area contributed by atoms with Gasteiger partial charge in [-0.15, -0.1) is 0 Å². The number of hydrogen-bond donors (Lipinski definition) is 1. The summed E-state index contributed by atoms with van der Waals surface area (Å²) in [5, 5.41) is 11.1. The Balaban J connectivity index is 1.84. The van der Waals surface area contributed by atoms with Gasteiger partial charge in [0, 0.05) is 10.0 Å². The fourth-order valence-electron chi connectivity index (χ4n) is 3.38. The molecule has 0 bridgehead atoms. The van der Waals surface area contributed by atoms with Crippen LogP contribution in [-0.4, -0.2) is 16.2 Å². The summed E-state index contributed by atoms with van der Waals surface area (Å²) in [6.45, 7) is 8.18. The highest BCUT2D eigenvalue weighted by Crippen LogP contribution is 2.40. The lowest BCUT2D eigenvalue weighted by Crippen LogP contribution is -2.28. The number of phenolic OH excluding ortho intramolecular Hbond substituents is 1. The predicted octanol–water partition coefficient (Wildman–Crippen LogP) is 7.96. The van der Waals surface area contributed by atoms with Gasteiger partial charge in [-0.25, -0.2) is 4.99 Å². The molecule has 0 spiro atoms. The summed E-state index contributed by atoms with van der Waals surface area (Å²) >= 11 is 8.10. The Bertz CT molecular complexity index is 1350. The summed E-state index contributed by atoms with van der Waals surface area (Å²) in [6, 6.07) is 15.5. The lowest BCUT2D eigenvalue weighted by molar-refractivity contribution is -0.113. The topological polar surface area (TPSA) is 52.9 Å². The molecule has 4 rings (SSSR count). The summed E-state index contributed by atoms with van der Waals surface area (Å²) < 4.78 is 1.35. The second-order valence-corrected chi connectivity index (χ2v) is 10.8. The van der Waals surface area contributed by atoms with Gasteiger partial charge in [0.2, 0.25) is 0 Å². The van der Waals surface area contributed by atoms with Crippen molar-refractivity contribution in [3.63, 3.8) is 0 Å². The number of phenols is 1. The molecule has 0 saturated carbocycles. The number of amides is 1. The highest BCUT2D eigenvalue weighted by atomic mass is 79.9. The molecule has 168 valence electrons. The fourth-order valence-corrected chi connectivity index (χ4v) is 5.63. The van der Waals surface area contributed by atoms with Crippen LogP contribution < -0.4 is 4.90 Å². The zero-order valence-corrected chi connectivity index (χ0v) is 22.6. The third-order valence-corrected chi connectivity index (χ3v) is 7.65. The molecular formula is C26H22Br2N2O2S. The normalized spacial score (nSPS) is 16.3. The molecule has 0 aromatic heterocycles. The van der Waals surface area contributed by atoms with Crippen LogP contribution >= 0.6 is 43.6 Å². The molecule has 3 aromatic carbocycles. The van der Waals surface area contributed by atoms with Crippen molar-refractivity contribution in [3.05, 3.63) is 90.2 Å². The van der Waals surface area contributed by atoms with Crippen molar-refractivity contribution in [2.45, 2.75) is 27.7 Å². The fraction of sp³-hybridized carbons (Fsp3) is 0.154. The molecule has 1 aliphatic rings. The van der Waals surface area contributed by atoms with Gasteiger partial charge in [0.1, 0.15) is 5.75 Å². The van der Waals surface area contributed by atoms with Crippen molar-refractivity contribution in [1.29, 1.82) is 0 Å². The SMILES string of the molecule is Cc1ccc(N=C2SC(=Cc3cc(Br)cc(Br)c3O)C(=O)N2c2ccc(C)c(C)c2)cc1C. The zero-order valence-electron chi connectivity index (χ0n) is 18.6. The number of hydrogen-bond acceptors (Lipinski definition) is 4. The van der Waals surface area contributed by atoms with Gasteiger partial charge in [0.15, 0.2) is 5.17 Å². The van der Waals surface area contributed by atoms with Crippen molar-refractivity contribution >= 4 is 72.1 Å². The van der Waals surface area contributed by atoms with Crippen LogP contribution in [0.2, 0.25) is 0 Å². The number of anilines is 1. The number of carbonyl (C=O) groups is 1. The van der Waals surface area contributed by atoms with E-state index in [9.17, 15) is 9.90 Å². The average Bonchev–Trinajstić information content (AvgIpc) is 3.05. The smallest absolute Gasteiger partial charge is 0.271 e. The molecule has 1 amide bonds. The van der Waals surface area contributed by atoms with Crippen LogP contribution in [-0.2, 0) is 4.79 Å². The molecule has 1 heterocycles. The summed E-state index contributed by atoms with van der Waals surface area (Å²) in [5.41, 5.74) is 6.68. The number of amidine groups is 1. The number of carbonyl (C=O) groups excluding carboxylic acids is 1. The van der Waals surface area contributed by atoms with Gasteiger partial charge >= 0.3 is 0 Å². The number of thioether (sulfide) groups is 1. The number of aromatic hydroxyl groups is 1. The molecule has 1 fully saturated rings. The molecule has 33 heavy (non-hydrogen) atoms. The van der Waals surface area contributed by atoms with Crippen molar-refractivity contribution in [2.24, 2.45) is 4.99 Å². The molecule has 0 radical (unpaired) electrons. The minimum absolute atomic E-state index is 0.0800. The van der Waals surface area contributed by atoms with Gasteiger partial charge in [-0.05, 0) is 120 Å². The van der Waals surface area contributed by atoms with Crippen molar-refractivity contribution in [2.75, 3.05) is 4.90 Å². The largest absolute Gasteiger partial charge is 0.506 e. The number of halogens is 2. The van der Waals surface area contributed by atoms with E-state index in [1.54, 1.807) is 23.1 Å². The van der Waals surface area contributed by atoms with Gasteiger partial charge in [-0.1, -0.05) is 28.1 Å². The Morgan fingerprint density at radius 3 is 2.24 bits per heavy atom. The quantitative estimate of drug-likeness (QED) is 0.317. The number of rotatable bonds is 3. The number of benzene rings is 3. The van der Waals surface area contributed by atoms with Crippen LogP contribution in [0.15, 0.2) is 67.4 Å². The molecule has 1 aliphatic heterocycles. The van der Waals surface area contributed by atoms with Crippen LogP contribution in [0.5, 0.6) is 5.75 Å². The van der Waals surface area contributed by atoms with Crippen LogP contribution in [0.25, 0.3) is 6.08 Å². The third kappa shape index (κ3) is 4.95. The summed E-state index contributed by atoms with van der Waals surface area (Å²) in [4.78, 5) is 20.5. The average molecular weight is 586 g/mol. The van der Waals surface area contributed by atoms with E-state index in [-0.39, 0.29) is 11.7 Å². The number of aryl methyl sites for hydroxylation is 4. The number of nitrogens with zero attached hydrogens (tertiary/aromatic N) is 2. The maximum Gasteiger partial charge on any atom is 0.271 e. The minimum atomic E-state index is -0.179. The molecule has 7 heteroatoms. The van der Waals surface area contributed by atoms with Gasteiger partial charge in [0.25, 0.3) is 5.91 Å². The summed E-state index contributed by atoms with van der Waals surface area (Å²) in [6.07, 6.45) is 1.70. The Labute approximate surface area is 214 Å². The first-order valence-corrected chi connectivity index (χ1v) is 12.7. The Hall–Kier alpha value is -2.35. The predicted molar refractivity (Wildman–Crippen MR) is 145 cm³/mol.